The highest BCUT2D eigenvalue weighted by molar-refractivity contribution is 5.58. The van der Waals surface area contributed by atoms with E-state index in [1.807, 2.05) is 6.20 Å². The summed E-state index contributed by atoms with van der Waals surface area (Å²) in [6, 6.07) is 8.50. The fourth-order valence-corrected chi connectivity index (χ4v) is 1.62. The average Bonchev–Trinajstić information content (AvgIpc) is 2.69. The van der Waals surface area contributed by atoms with Gasteiger partial charge in [0.1, 0.15) is 0 Å². The van der Waals surface area contributed by atoms with E-state index in [-0.39, 0.29) is 0 Å². The summed E-state index contributed by atoms with van der Waals surface area (Å²) in [5.41, 5.74) is 3.56. The Bertz CT molecular complexity index is 418. The van der Waals surface area contributed by atoms with Gasteiger partial charge < -0.3 is 9.88 Å². The van der Waals surface area contributed by atoms with E-state index in [4.69, 9.17) is 0 Å². The van der Waals surface area contributed by atoms with Gasteiger partial charge in [-0.25, -0.2) is 4.98 Å². The number of aromatic nitrogens is 2. The van der Waals surface area contributed by atoms with Crippen molar-refractivity contribution in [3.63, 3.8) is 0 Å². The van der Waals surface area contributed by atoms with Crippen molar-refractivity contribution in [2.45, 2.75) is 6.54 Å². The largest absolute Gasteiger partial charge is 0.345 e. The molecule has 3 heteroatoms. The first-order chi connectivity index (χ1) is 7.25. The first-order valence-corrected chi connectivity index (χ1v) is 4.98. The zero-order chi connectivity index (χ0) is 10.7. The van der Waals surface area contributed by atoms with Crippen LogP contribution in [0.15, 0.2) is 36.8 Å². The van der Waals surface area contributed by atoms with Gasteiger partial charge in [-0.2, -0.15) is 0 Å². The quantitative estimate of drug-likeness (QED) is 0.825. The maximum absolute atomic E-state index is 4.02. The predicted octanol–water partition coefficient (Wildman–Crippen LogP) is 2.14. The second-order valence-corrected chi connectivity index (χ2v) is 3.90. The van der Waals surface area contributed by atoms with E-state index in [1.165, 1.54) is 11.1 Å². The first-order valence-electron chi connectivity index (χ1n) is 4.98. The third kappa shape index (κ3) is 2.44. The topological polar surface area (TPSA) is 31.9 Å². The summed E-state index contributed by atoms with van der Waals surface area (Å²) >= 11 is 0. The summed E-state index contributed by atoms with van der Waals surface area (Å²) in [6.07, 6.45) is 3.54. The van der Waals surface area contributed by atoms with Crippen molar-refractivity contribution in [1.29, 1.82) is 0 Å². The van der Waals surface area contributed by atoms with Gasteiger partial charge in [0.2, 0.25) is 0 Å². The van der Waals surface area contributed by atoms with Crippen LogP contribution in [0.4, 0.5) is 0 Å². The lowest BCUT2D eigenvalue weighted by molar-refractivity contribution is 0.402. The molecule has 0 saturated heterocycles. The fourth-order valence-electron chi connectivity index (χ4n) is 1.62. The minimum absolute atomic E-state index is 0.960. The molecule has 0 atom stereocenters. The van der Waals surface area contributed by atoms with Crippen LogP contribution in [-0.4, -0.2) is 29.0 Å². The van der Waals surface area contributed by atoms with Crippen molar-refractivity contribution in [2.24, 2.45) is 0 Å². The highest BCUT2D eigenvalue weighted by Crippen LogP contribution is 2.17. The van der Waals surface area contributed by atoms with Crippen molar-refractivity contribution in [3.8, 4) is 11.3 Å². The number of hydrogen-bond acceptors (Lipinski definition) is 2. The minimum atomic E-state index is 0.960. The second-order valence-electron chi connectivity index (χ2n) is 3.90. The molecule has 0 bridgehead atoms. The molecule has 0 fully saturated rings. The zero-order valence-electron chi connectivity index (χ0n) is 9.07. The van der Waals surface area contributed by atoms with Gasteiger partial charge in [-0.3, -0.25) is 0 Å². The molecular formula is C12H15N3. The number of aromatic amines is 1. The molecule has 1 aromatic heterocycles. The molecule has 0 radical (unpaired) electrons. The molecule has 0 spiro atoms. The molecule has 2 rings (SSSR count). The van der Waals surface area contributed by atoms with Gasteiger partial charge in [0, 0.05) is 6.54 Å². The predicted molar refractivity (Wildman–Crippen MR) is 61.4 cm³/mol. The molecular weight excluding hydrogens is 186 g/mol. The fraction of sp³-hybridized carbons (Fsp3) is 0.250. The molecule has 2 aromatic rings. The van der Waals surface area contributed by atoms with Crippen molar-refractivity contribution >= 4 is 0 Å². The summed E-state index contributed by atoms with van der Waals surface area (Å²) in [6.45, 7) is 0.960. The second kappa shape index (κ2) is 4.28. The lowest BCUT2D eigenvalue weighted by atomic mass is 10.1. The molecule has 15 heavy (non-hydrogen) atoms. The number of hydrogen-bond donors (Lipinski definition) is 1. The summed E-state index contributed by atoms with van der Waals surface area (Å²) in [5.74, 6) is 0. The van der Waals surface area contributed by atoms with Gasteiger partial charge in [-0.05, 0) is 31.3 Å². The van der Waals surface area contributed by atoms with Crippen LogP contribution >= 0.6 is 0 Å². The van der Waals surface area contributed by atoms with Gasteiger partial charge in [-0.15, -0.1) is 0 Å². The van der Waals surface area contributed by atoms with Gasteiger partial charge in [0.25, 0.3) is 0 Å². The normalized spacial score (nSPS) is 10.9. The third-order valence-electron chi connectivity index (χ3n) is 2.24. The first kappa shape index (κ1) is 9.93. The van der Waals surface area contributed by atoms with Crippen LogP contribution in [0, 0.1) is 0 Å². The lowest BCUT2D eigenvalue weighted by Gasteiger charge is -2.10. The van der Waals surface area contributed by atoms with Gasteiger partial charge in [0.05, 0.1) is 18.2 Å². The van der Waals surface area contributed by atoms with Crippen LogP contribution in [0.3, 0.4) is 0 Å². The monoisotopic (exact) mass is 201 g/mol. The number of nitrogens with zero attached hydrogens (tertiary/aromatic N) is 2. The van der Waals surface area contributed by atoms with Crippen molar-refractivity contribution < 1.29 is 0 Å². The van der Waals surface area contributed by atoms with E-state index in [0.717, 1.165) is 12.2 Å². The Balaban J connectivity index is 2.27. The average molecular weight is 201 g/mol. The SMILES string of the molecule is CN(C)Cc1cccc(-c2cnc[nH]2)c1. The van der Waals surface area contributed by atoms with E-state index < -0.39 is 0 Å². The van der Waals surface area contributed by atoms with Gasteiger partial charge in [-0.1, -0.05) is 18.2 Å². The summed E-state index contributed by atoms with van der Waals surface area (Å²) < 4.78 is 0. The maximum atomic E-state index is 4.02. The molecule has 0 amide bonds. The summed E-state index contributed by atoms with van der Waals surface area (Å²) in [4.78, 5) is 9.29. The van der Waals surface area contributed by atoms with Gasteiger partial charge in [0.15, 0.2) is 0 Å². The van der Waals surface area contributed by atoms with E-state index in [1.54, 1.807) is 6.33 Å². The standard InChI is InChI=1S/C12H15N3/c1-15(2)8-10-4-3-5-11(6-10)12-7-13-9-14-12/h3-7,9H,8H2,1-2H3,(H,13,14). The molecule has 0 aliphatic carbocycles. The van der Waals surface area contributed by atoms with E-state index in [2.05, 4.69) is 53.2 Å². The lowest BCUT2D eigenvalue weighted by Crippen LogP contribution is -2.10. The highest BCUT2D eigenvalue weighted by Gasteiger charge is 2.00. The Morgan fingerprint density at radius 2 is 2.20 bits per heavy atom. The van der Waals surface area contributed by atoms with Crippen LogP contribution < -0.4 is 0 Å². The third-order valence-corrected chi connectivity index (χ3v) is 2.24. The van der Waals surface area contributed by atoms with Crippen LogP contribution in [-0.2, 0) is 6.54 Å². The minimum Gasteiger partial charge on any atom is -0.345 e. The zero-order valence-corrected chi connectivity index (χ0v) is 9.07. The van der Waals surface area contributed by atoms with Crippen molar-refractivity contribution in [2.75, 3.05) is 14.1 Å². The number of benzene rings is 1. The summed E-state index contributed by atoms with van der Waals surface area (Å²) in [7, 11) is 4.14. The molecule has 78 valence electrons. The Labute approximate surface area is 89.8 Å². The molecule has 0 saturated carbocycles. The molecule has 3 nitrogen and oxygen atoms in total. The molecule has 0 aliphatic heterocycles. The number of nitrogens with one attached hydrogen (secondary N) is 1. The van der Waals surface area contributed by atoms with E-state index >= 15 is 0 Å². The smallest absolute Gasteiger partial charge is 0.0924 e. The van der Waals surface area contributed by atoms with Gasteiger partial charge >= 0.3 is 0 Å². The maximum Gasteiger partial charge on any atom is 0.0924 e. The molecule has 1 aromatic carbocycles. The highest BCUT2D eigenvalue weighted by atomic mass is 15.0. The van der Waals surface area contributed by atoms with E-state index in [9.17, 15) is 0 Å². The van der Waals surface area contributed by atoms with Crippen molar-refractivity contribution in [1.82, 2.24) is 14.9 Å². The van der Waals surface area contributed by atoms with Crippen LogP contribution in [0.5, 0.6) is 0 Å². The molecule has 1 N–H and O–H groups in total. The summed E-state index contributed by atoms with van der Waals surface area (Å²) in [5, 5.41) is 0. The Morgan fingerprint density at radius 1 is 1.33 bits per heavy atom. The molecule has 1 heterocycles. The van der Waals surface area contributed by atoms with Crippen molar-refractivity contribution in [3.05, 3.63) is 42.4 Å². The van der Waals surface area contributed by atoms with Crippen LogP contribution in [0.2, 0.25) is 0 Å². The number of rotatable bonds is 3. The Kier molecular flexibility index (Phi) is 2.83. The Morgan fingerprint density at radius 3 is 2.87 bits per heavy atom. The molecule has 0 unspecified atom stereocenters. The van der Waals surface area contributed by atoms with Crippen LogP contribution in [0.1, 0.15) is 5.56 Å². The number of imidazole rings is 1. The molecule has 0 aliphatic rings. The van der Waals surface area contributed by atoms with Crippen LogP contribution in [0.25, 0.3) is 11.3 Å². The number of H-pyrrole nitrogens is 1. The van der Waals surface area contributed by atoms with E-state index in [0.29, 0.717) is 0 Å². The Hall–Kier alpha value is -1.61.